The van der Waals surface area contributed by atoms with Crippen molar-refractivity contribution in [3.8, 4) is 0 Å². The topological polar surface area (TPSA) is 41.1 Å². The highest BCUT2D eigenvalue weighted by Gasteiger charge is 2.26. The van der Waals surface area contributed by atoms with Crippen LogP contribution in [-0.4, -0.2) is 29.6 Å². The number of nitrogens with one attached hydrogen (secondary N) is 1. The van der Waals surface area contributed by atoms with E-state index in [2.05, 4.69) is 42.9 Å². The van der Waals surface area contributed by atoms with Crippen LogP contribution in [0.2, 0.25) is 0 Å². The highest BCUT2D eigenvalue weighted by Crippen LogP contribution is 2.30. The molecule has 1 aromatic rings. The second-order valence-electron chi connectivity index (χ2n) is 5.71. The first-order valence-corrected chi connectivity index (χ1v) is 7.38. The van der Waals surface area contributed by atoms with Crippen molar-refractivity contribution >= 4 is 11.6 Å². The van der Waals surface area contributed by atoms with Crippen LogP contribution in [0.4, 0.5) is 11.6 Å². The molecule has 1 N–H and O–H groups in total. The minimum absolute atomic E-state index is 0.562. The molecule has 4 heteroatoms. The summed E-state index contributed by atoms with van der Waals surface area (Å²) in [6.07, 6.45) is 3.38. The van der Waals surface area contributed by atoms with Gasteiger partial charge in [0.15, 0.2) is 0 Å². The summed E-state index contributed by atoms with van der Waals surface area (Å²) in [4.78, 5) is 11.8. The maximum atomic E-state index is 4.77. The van der Waals surface area contributed by atoms with Gasteiger partial charge < -0.3 is 10.2 Å². The van der Waals surface area contributed by atoms with E-state index in [1.165, 1.54) is 18.4 Å². The Balaban J connectivity index is 2.37. The van der Waals surface area contributed by atoms with Gasteiger partial charge in [0.25, 0.3) is 0 Å². The van der Waals surface area contributed by atoms with Gasteiger partial charge in [-0.25, -0.2) is 9.97 Å². The van der Waals surface area contributed by atoms with E-state index in [0.29, 0.717) is 6.04 Å². The number of aromatic nitrogens is 2. The molecule has 0 aromatic carbocycles. The summed E-state index contributed by atoms with van der Waals surface area (Å²) in [5.41, 5.74) is 1.17. The van der Waals surface area contributed by atoms with E-state index in [1.54, 1.807) is 0 Å². The Morgan fingerprint density at radius 3 is 2.63 bits per heavy atom. The van der Waals surface area contributed by atoms with Crippen molar-refractivity contribution in [1.82, 2.24) is 9.97 Å². The van der Waals surface area contributed by atoms with Gasteiger partial charge in [-0.15, -0.1) is 0 Å². The van der Waals surface area contributed by atoms with E-state index in [1.807, 2.05) is 7.05 Å². The quantitative estimate of drug-likeness (QED) is 0.909. The number of nitrogens with zero attached hydrogens (tertiary/aromatic N) is 3. The van der Waals surface area contributed by atoms with Crippen LogP contribution < -0.4 is 10.2 Å². The predicted molar refractivity (Wildman–Crippen MR) is 80.9 cm³/mol. The average Bonchev–Trinajstić information content (AvgIpc) is 2.40. The molecule has 19 heavy (non-hydrogen) atoms. The average molecular weight is 262 g/mol. The summed E-state index contributed by atoms with van der Waals surface area (Å²) in [6.45, 7) is 9.98. The van der Waals surface area contributed by atoms with E-state index in [9.17, 15) is 0 Å². The van der Waals surface area contributed by atoms with Crippen molar-refractivity contribution < 1.29 is 0 Å². The lowest BCUT2D eigenvalue weighted by molar-refractivity contribution is 0.375. The van der Waals surface area contributed by atoms with E-state index >= 15 is 0 Å². The molecular weight excluding hydrogens is 236 g/mol. The van der Waals surface area contributed by atoms with Crippen LogP contribution >= 0.6 is 0 Å². The first-order chi connectivity index (χ1) is 9.06. The third-order valence-corrected chi connectivity index (χ3v) is 4.13. The van der Waals surface area contributed by atoms with Crippen LogP contribution in [0.3, 0.4) is 0 Å². The lowest BCUT2D eigenvalue weighted by Gasteiger charge is -2.38. The van der Waals surface area contributed by atoms with Gasteiger partial charge in [-0.2, -0.15) is 0 Å². The van der Waals surface area contributed by atoms with Gasteiger partial charge in [0.1, 0.15) is 17.5 Å². The van der Waals surface area contributed by atoms with Crippen molar-refractivity contribution in [1.29, 1.82) is 0 Å². The third kappa shape index (κ3) is 2.82. The zero-order valence-corrected chi connectivity index (χ0v) is 12.8. The smallest absolute Gasteiger partial charge is 0.137 e. The highest BCUT2D eigenvalue weighted by molar-refractivity contribution is 5.59. The molecule has 1 aliphatic heterocycles. The van der Waals surface area contributed by atoms with E-state index in [4.69, 9.17) is 4.98 Å². The fourth-order valence-corrected chi connectivity index (χ4v) is 2.95. The number of aryl methyl sites for hydroxylation is 1. The first-order valence-electron chi connectivity index (χ1n) is 7.38. The number of hydrogen-bond acceptors (Lipinski definition) is 4. The molecule has 1 fully saturated rings. The van der Waals surface area contributed by atoms with Gasteiger partial charge in [-0.3, -0.25) is 0 Å². The normalized spacial score (nSPS) is 23.5. The van der Waals surface area contributed by atoms with Gasteiger partial charge in [0, 0.05) is 31.6 Å². The standard InChI is InChI=1S/C15H26N4/c1-6-13-17-14(16-5)12(4)15(18-13)19-8-7-10(2)9-11(19)3/h10-11H,6-9H2,1-5H3,(H,16,17,18). The second kappa shape index (κ2) is 5.76. The largest absolute Gasteiger partial charge is 0.373 e. The summed E-state index contributed by atoms with van der Waals surface area (Å²) in [7, 11) is 1.93. The fraction of sp³-hybridized carbons (Fsp3) is 0.733. The summed E-state index contributed by atoms with van der Waals surface area (Å²) < 4.78 is 0. The lowest BCUT2D eigenvalue weighted by Crippen LogP contribution is -2.41. The first kappa shape index (κ1) is 14.1. The highest BCUT2D eigenvalue weighted by atomic mass is 15.2. The van der Waals surface area contributed by atoms with Crippen molar-refractivity contribution in [2.45, 2.75) is 53.0 Å². The second-order valence-corrected chi connectivity index (χ2v) is 5.71. The van der Waals surface area contributed by atoms with Crippen LogP contribution in [0, 0.1) is 12.8 Å². The number of rotatable bonds is 3. The van der Waals surface area contributed by atoms with Crippen LogP contribution in [0.25, 0.3) is 0 Å². The molecule has 1 aromatic heterocycles. The monoisotopic (exact) mass is 262 g/mol. The number of anilines is 2. The maximum Gasteiger partial charge on any atom is 0.137 e. The van der Waals surface area contributed by atoms with Crippen LogP contribution in [0.5, 0.6) is 0 Å². The Bertz CT molecular complexity index is 444. The molecule has 2 rings (SSSR count). The van der Waals surface area contributed by atoms with Crippen molar-refractivity contribution in [3.63, 3.8) is 0 Å². The number of piperidine rings is 1. The van der Waals surface area contributed by atoms with Crippen molar-refractivity contribution in [2.75, 3.05) is 23.8 Å². The van der Waals surface area contributed by atoms with Crippen molar-refractivity contribution in [3.05, 3.63) is 11.4 Å². The van der Waals surface area contributed by atoms with Gasteiger partial charge in [-0.1, -0.05) is 13.8 Å². The molecule has 1 aliphatic rings. The van der Waals surface area contributed by atoms with Crippen molar-refractivity contribution in [2.24, 2.45) is 5.92 Å². The number of hydrogen-bond donors (Lipinski definition) is 1. The molecule has 0 amide bonds. The fourth-order valence-electron chi connectivity index (χ4n) is 2.95. The molecule has 0 aliphatic carbocycles. The SMILES string of the molecule is CCc1nc(NC)c(C)c(N2CCC(C)CC2C)n1. The molecule has 0 spiro atoms. The minimum Gasteiger partial charge on any atom is -0.373 e. The molecular formula is C15H26N4. The summed E-state index contributed by atoms with van der Waals surface area (Å²) in [6, 6.07) is 0.562. The van der Waals surface area contributed by atoms with Gasteiger partial charge in [-0.05, 0) is 32.6 Å². The van der Waals surface area contributed by atoms with E-state index in [-0.39, 0.29) is 0 Å². The Morgan fingerprint density at radius 2 is 2.05 bits per heavy atom. The molecule has 0 radical (unpaired) electrons. The van der Waals surface area contributed by atoms with Gasteiger partial charge >= 0.3 is 0 Å². The Morgan fingerprint density at radius 1 is 1.32 bits per heavy atom. The molecule has 0 bridgehead atoms. The third-order valence-electron chi connectivity index (χ3n) is 4.13. The zero-order chi connectivity index (χ0) is 14.0. The lowest BCUT2D eigenvalue weighted by atomic mass is 9.93. The molecule has 2 unspecified atom stereocenters. The molecule has 2 heterocycles. The summed E-state index contributed by atoms with van der Waals surface area (Å²) >= 11 is 0. The summed E-state index contributed by atoms with van der Waals surface area (Å²) in [5.74, 6) is 3.84. The Hall–Kier alpha value is -1.32. The van der Waals surface area contributed by atoms with Gasteiger partial charge in [0.2, 0.25) is 0 Å². The minimum atomic E-state index is 0.562. The van der Waals surface area contributed by atoms with Gasteiger partial charge in [0.05, 0.1) is 0 Å². The van der Waals surface area contributed by atoms with E-state index in [0.717, 1.165) is 36.3 Å². The molecule has 0 saturated carbocycles. The molecule has 1 saturated heterocycles. The van der Waals surface area contributed by atoms with Crippen LogP contribution in [0.15, 0.2) is 0 Å². The molecule has 2 atom stereocenters. The Labute approximate surface area is 116 Å². The Kier molecular flexibility index (Phi) is 4.27. The maximum absolute atomic E-state index is 4.77. The van der Waals surface area contributed by atoms with E-state index < -0.39 is 0 Å². The van der Waals surface area contributed by atoms with Crippen LogP contribution in [-0.2, 0) is 6.42 Å². The summed E-state index contributed by atoms with van der Waals surface area (Å²) in [5, 5.41) is 3.20. The zero-order valence-electron chi connectivity index (χ0n) is 12.8. The molecule has 106 valence electrons. The molecule has 4 nitrogen and oxygen atoms in total. The van der Waals surface area contributed by atoms with Crippen LogP contribution in [0.1, 0.15) is 45.0 Å². The predicted octanol–water partition coefficient (Wildman–Crippen LogP) is 3.01.